The molecule has 138 valence electrons. The zero-order chi connectivity index (χ0) is 19.4. The highest BCUT2D eigenvalue weighted by molar-refractivity contribution is 7.91. The van der Waals surface area contributed by atoms with Crippen LogP contribution in [-0.4, -0.2) is 24.3 Å². The minimum absolute atomic E-state index is 0.0907. The number of nitrogens with zero attached hydrogens (tertiary/aromatic N) is 2. The number of benzene rings is 1. The van der Waals surface area contributed by atoms with E-state index in [0.717, 1.165) is 16.8 Å². The fourth-order valence-electron chi connectivity index (χ4n) is 2.45. The van der Waals surface area contributed by atoms with Crippen LogP contribution in [0.3, 0.4) is 0 Å². The molecule has 3 rings (SSSR count). The smallest absolute Gasteiger partial charge is 0.253 e. The van der Waals surface area contributed by atoms with Gasteiger partial charge in [-0.05, 0) is 61.4 Å². The molecule has 2 heterocycles. The summed E-state index contributed by atoms with van der Waals surface area (Å²) in [6, 6.07) is 13.2. The van der Waals surface area contributed by atoms with Crippen molar-refractivity contribution >= 4 is 15.7 Å². The number of carbonyl (C=O) groups is 1. The van der Waals surface area contributed by atoms with E-state index in [4.69, 9.17) is 0 Å². The van der Waals surface area contributed by atoms with Crippen LogP contribution < -0.4 is 5.32 Å². The van der Waals surface area contributed by atoms with Crippen LogP contribution in [0.25, 0.3) is 0 Å². The van der Waals surface area contributed by atoms with Crippen molar-refractivity contribution in [1.82, 2.24) is 15.3 Å². The molecule has 0 atom stereocenters. The summed E-state index contributed by atoms with van der Waals surface area (Å²) in [4.78, 5) is 20.5. The Morgan fingerprint density at radius 2 is 1.81 bits per heavy atom. The molecule has 0 bridgehead atoms. The molecule has 2 aromatic heterocycles. The number of hydrogen-bond donors (Lipinski definition) is 1. The quantitative estimate of drug-likeness (QED) is 0.734. The number of rotatable bonds is 5. The number of aromatic nitrogens is 2. The van der Waals surface area contributed by atoms with E-state index in [1.54, 1.807) is 36.5 Å². The lowest BCUT2D eigenvalue weighted by Gasteiger charge is -2.08. The second kappa shape index (κ2) is 7.67. The lowest BCUT2D eigenvalue weighted by molar-refractivity contribution is 0.0950. The van der Waals surface area contributed by atoms with E-state index in [9.17, 15) is 13.2 Å². The summed E-state index contributed by atoms with van der Waals surface area (Å²) in [6.07, 6.45) is 2.91. The van der Waals surface area contributed by atoms with Gasteiger partial charge < -0.3 is 5.32 Å². The van der Waals surface area contributed by atoms with Crippen LogP contribution in [0.2, 0.25) is 0 Å². The van der Waals surface area contributed by atoms with Crippen molar-refractivity contribution in [3.05, 3.63) is 83.3 Å². The van der Waals surface area contributed by atoms with Crippen molar-refractivity contribution in [2.45, 2.75) is 30.3 Å². The third kappa shape index (κ3) is 4.20. The Balaban J connectivity index is 1.76. The van der Waals surface area contributed by atoms with Crippen molar-refractivity contribution in [2.24, 2.45) is 0 Å². The molecule has 0 aliphatic heterocycles. The first-order chi connectivity index (χ1) is 12.9. The number of sulfone groups is 1. The first kappa shape index (κ1) is 18.7. The van der Waals surface area contributed by atoms with E-state index in [0.29, 0.717) is 0 Å². The summed E-state index contributed by atoms with van der Waals surface area (Å²) < 4.78 is 25.4. The molecule has 27 heavy (non-hydrogen) atoms. The molecule has 0 saturated heterocycles. The Hall–Kier alpha value is -3.06. The summed E-state index contributed by atoms with van der Waals surface area (Å²) in [5.41, 5.74) is 2.92. The molecule has 0 unspecified atom stereocenters. The fraction of sp³-hybridized carbons (Fsp3) is 0.150. The molecule has 1 aromatic carbocycles. The summed E-state index contributed by atoms with van der Waals surface area (Å²) >= 11 is 0. The Morgan fingerprint density at radius 1 is 1.00 bits per heavy atom. The molecule has 1 amide bonds. The summed E-state index contributed by atoms with van der Waals surface area (Å²) in [6.45, 7) is 4.06. The van der Waals surface area contributed by atoms with Gasteiger partial charge in [-0.2, -0.15) is 0 Å². The van der Waals surface area contributed by atoms with E-state index in [1.807, 2.05) is 19.9 Å². The zero-order valence-corrected chi connectivity index (χ0v) is 15.8. The van der Waals surface area contributed by atoms with Crippen molar-refractivity contribution in [2.75, 3.05) is 0 Å². The van der Waals surface area contributed by atoms with Crippen LogP contribution in [-0.2, 0) is 16.4 Å². The minimum Gasteiger partial charge on any atom is -0.346 e. The number of hydrogen-bond acceptors (Lipinski definition) is 5. The molecule has 1 N–H and O–H groups in total. The molecule has 0 spiro atoms. The van der Waals surface area contributed by atoms with Crippen molar-refractivity contribution in [1.29, 1.82) is 0 Å². The summed E-state index contributed by atoms with van der Waals surface area (Å²) in [7, 11) is -3.73. The number of carbonyl (C=O) groups excluding carboxylic acids is 1. The molecule has 0 aliphatic carbocycles. The Bertz CT molecular complexity index is 1060. The average molecular weight is 381 g/mol. The molecular weight excluding hydrogens is 362 g/mol. The second-order valence-corrected chi connectivity index (χ2v) is 8.03. The predicted molar refractivity (Wildman–Crippen MR) is 101 cm³/mol. The van der Waals surface area contributed by atoms with Crippen LogP contribution in [0.1, 0.15) is 27.2 Å². The Kier molecular flexibility index (Phi) is 5.32. The highest BCUT2D eigenvalue weighted by atomic mass is 32.2. The highest BCUT2D eigenvalue weighted by Gasteiger charge is 2.20. The van der Waals surface area contributed by atoms with Gasteiger partial charge in [-0.25, -0.2) is 13.4 Å². The van der Waals surface area contributed by atoms with Crippen LogP contribution in [0.15, 0.2) is 70.8 Å². The molecule has 0 saturated carbocycles. The van der Waals surface area contributed by atoms with Crippen LogP contribution >= 0.6 is 0 Å². The van der Waals surface area contributed by atoms with Gasteiger partial charge in [0.15, 0.2) is 5.03 Å². The first-order valence-electron chi connectivity index (χ1n) is 8.34. The predicted octanol–water partition coefficient (Wildman–Crippen LogP) is 2.86. The minimum atomic E-state index is -3.73. The standard InChI is InChI=1S/C20H19N3O3S/c1-14-6-8-18(11-15(14)2)27(25,26)19-9-7-16(12-22-19)20(24)23-13-17-5-3-4-10-21-17/h3-12H,13H2,1-2H3,(H,23,24). The number of nitrogens with one attached hydrogen (secondary N) is 1. The SMILES string of the molecule is Cc1ccc(S(=O)(=O)c2ccc(C(=O)NCc3ccccn3)cn2)cc1C. The second-order valence-electron chi connectivity index (χ2n) is 6.14. The zero-order valence-electron chi connectivity index (χ0n) is 15.0. The maximum atomic E-state index is 12.7. The molecule has 0 fully saturated rings. The van der Waals surface area contributed by atoms with E-state index < -0.39 is 9.84 Å². The van der Waals surface area contributed by atoms with Crippen molar-refractivity contribution in [3.8, 4) is 0 Å². The molecule has 0 aliphatic rings. The van der Waals surface area contributed by atoms with Crippen LogP contribution in [0.4, 0.5) is 0 Å². The number of amides is 1. The first-order valence-corrected chi connectivity index (χ1v) is 9.83. The van der Waals surface area contributed by atoms with Gasteiger partial charge in [0.05, 0.1) is 22.7 Å². The van der Waals surface area contributed by atoms with Gasteiger partial charge in [-0.1, -0.05) is 12.1 Å². The largest absolute Gasteiger partial charge is 0.346 e. The topological polar surface area (TPSA) is 89.0 Å². The van der Waals surface area contributed by atoms with Gasteiger partial charge >= 0.3 is 0 Å². The lowest BCUT2D eigenvalue weighted by Crippen LogP contribution is -2.23. The molecule has 0 radical (unpaired) electrons. The van der Waals surface area contributed by atoms with Gasteiger partial charge in [0.25, 0.3) is 5.91 Å². The van der Waals surface area contributed by atoms with Gasteiger partial charge in [0, 0.05) is 12.4 Å². The Labute approximate surface area is 158 Å². The average Bonchev–Trinajstić information content (AvgIpc) is 2.69. The lowest BCUT2D eigenvalue weighted by atomic mass is 10.1. The maximum Gasteiger partial charge on any atom is 0.253 e. The van der Waals surface area contributed by atoms with E-state index in [2.05, 4.69) is 15.3 Å². The number of aryl methyl sites for hydroxylation is 2. The van der Waals surface area contributed by atoms with E-state index in [-0.39, 0.29) is 27.9 Å². The maximum absolute atomic E-state index is 12.7. The van der Waals surface area contributed by atoms with Crippen LogP contribution in [0, 0.1) is 13.8 Å². The van der Waals surface area contributed by atoms with E-state index in [1.165, 1.54) is 18.3 Å². The molecule has 7 heteroatoms. The summed E-state index contributed by atoms with van der Waals surface area (Å²) in [5.74, 6) is -0.344. The highest BCUT2D eigenvalue weighted by Crippen LogP contribution is 2.21. The summed E-state index contributed by atoms with van der Waals surface area (Å²) in [5, 5.41) is 2.64. The molecule has 3 aromatic rings. The van der Waals surface area contributed by atoms with Crippen molar-refractivity contribution in [3.63, 3.8) is 0 Å². The monoisotopic (exact) mass is 381 g/mol. The van der Waals surface area contributed by atoms with Gasteiger partial charge in [0.2, 0.25) is 9.84 Å². The third-order valence-corrected chi connectivity index (χ3v) is 5.89. The fourth-order valence-corrected chi connectivity index (χ4v) is 3.71. The molecular formula is C20H19N3O3S. The number of pyridine rings is 2. The molecule has 6 nitrogen and oxygen atoms in total. The van der Waals surface area contributed by atoms with Crippen molar-refractivity contribution < 1.29 is 13.2 Å². The van der Waals surface area contributed by atoms with Gasteiger partial charge in [-0.15, -0.1) is 0 Å². The van der Waals surface area contributed by atoms with Gasteiger partial charge in [0.1, 0.15) is 0 Å². The van der Waals surface area contributed by atoms with Crippen LogP contribution in [0.5, 0.6) is 0 Å². The Morgan fingerprint density at radius 3 is 2.44 bits per heavy atom. The third-order valence-electron chi connectivity index (χ3n) is 4.22. The normalized spacial score (nSPS) is 11.2. The van der Waals surface area contributed by atoms with Gasteiger partial charge in [-0.3, -0.25) is 9.78 Å². The van der Waals surface area contributed by atoms with E-state index >= 15 is 0 Å².